The molecule has 0 aliphatic rings. The summed E-state index contributed by atoms with van der Waals surface area (Å²) in [6, 6.07) is 5.55. The highest BCUT2D eigenvalue weighted by molar-refractivity contribution is 7.89. The second-order valence-electron chi connectivity index (χ2n) is 4.48. The molecule has 1 aromatic carbocycles. The van der Waals surface area contributed by atoms with E-state index >= 15 is 0 Å². The molecule has 2 rings (SSSR count). The molecule has 5 nitrogen and oxygen atoms in total. The largest absolute Gasteiger partial charge is 0.468 e. The Morgan fingerprint density at radius 3 is 2.70 bits per heavy atom. The lowest BCUT2D eigenvalue weighted by molar-refractivity contribution is 0.404. The van der Waals surface area contributed by atoms with E-state index in [1.165, 1.54) is 13.3 Å². The van der Waals surface area contributed by atoms with Gasteiger partial charge in [-0.3, -0.25) is 0 Å². The number of aryl methyl sites for hydroxylation is 1. The lowest BCUT2D eigenvalue weighted by atomic mass is 10.2. The molecule has 1 heterocycles. The van der Waals surface area contributed by atoms with Gasteiger partial charge in [0.1, 0.15) is 16.5 Å². The number of rotatable bonds is 4. The number of furan rings is 1. The predicted octanol–water partition coefficient (Wildman–Crippen LogP) is 2.13. The highest BCUT2D eigenvalue weighted by atomic mass is 32.2. The maximum Gasteiger partial charge on any atom is 0.246 e. The van der Waals surface area contributed by atoms with Crippen molar-refractivity contribution in [2.45, 2.75) is 18.4 Å². The molecular weight excluding hydrogens is 283 g/mol. The fraction of sp³-hybridized carbons (Fsp3) is 0.231. The number of nitrogen functional groups attached to an aromatic ring is 1. The smallest absolute Gasteiger partial charge is 0.246 e. The quantitative estimate of drug-likeness (QED) is 0.877. The van der Waals surface area contributed by atoms with Crippen molar-refractivity contribution >= 4 is 15.7 Å². The van der Waals surface area contributed by atoms with E-state index in [1.807, 2.05) is 0 Å². The first-order chi connectivity index (χ1) is 9.32. The highest BCUT2D eigenvalue weighted by Crippen LogP contribution is 2.24. The number of nitrogens with zero attached hydrogens (tertiary/aromatic N) is 1. The molecule has 1 aromatic heterocycles. The van der Waals surface area contributed by atoms with Gasteiger partial charge in [-0.2, -0.15) is 4.31 Å². The van der Waals surface area contributed by atoms with Crippen molar-refractivity contribution in [3.8, 4) is 0 Å². The van der Waals surface area contributed by atoms with Crippen LogP contribution in [-0.2, 0) is 16.6 Å². The number of hydrogen-bond acceptors (Lipinski definition) is 4. The molecular formula is C13H15FN2O3S. The minimum absolute atomic E-state index is 0.0164. The van der Waals surface area contributed by atoms with Gasteiger partial charge in [0.05, 0.1) is 12.8 Å². The van der Waals surface area contributed by atoms with Crippen LogP contribution in [0.5, 0.6) is 0 Å². The minimum Gasteiger partial charge on any atom is -0.468 e. The van der Waals surface area contributed by atoms with Gasteiger partial charge in [0.25, 0.3) is 0 Å². The molecule has 0 aliphatic carbocycles. The third kappa shape index (κ3) is 2.68. The van der Waals surface area contributed by atoms with Crippen LogP contribution in [-0.4, -0.2) is 19.8 Å². The Kier molecular flexibility index (Phi) is 3.82. The van der Waals surface area contributed by atoms with E-state index in [4.69, 9.17) is 10.2 Å². The summed E-state index contributed by atoms with van der Waals surface area (Å²) in [6.45, 7) is 1.63. The van der Waals surface area contributed by atoms with Gasteiger partial charge < -0.3 is 10.2 Å². The molecule has 0 unspecified atom stereocenters. The van der Waals surface area contributed by atoms with Crippen molar-refractivity contribution in [3.05, 3.63) is 47.7 Å². The zero-order valence-electron chi connectivity index (χ0n) is 11.1. The van der Waals surface area contributed by atoms with E-state index < -0.39 is 20.7 Å². The van der Waals surface area contributed by atoms with Crippen LogP contribution >= 0.6 is 0 Å². The number of benzene rings is 1. The van der Waals surface area contributed by atoms with Crippen LogP contribution in [0.4, 0.5) is 10.1 Å². The van der Waals surface area contributed by atoms with Crippen molar-refractivity contribution < 1.29 is 17.2 Å². The fourth-order valence-corrected chi connectivity index (χ4v) is 2.96. The fourth-order valence-electron chi connectivity index (χ4n) is 1.74. The van der Waals surface area contributed by atoms with Crippen LogP contribution < -0.4 is 5.73 Å². The lowest BCUT2D eigenvalue weighted by Gasteiger charge is -2.17. The third-order valence-electron chi connectivity index (χ3n) is 2.97. The molecule has 0 aliphatic heterocycles. The minimum atomic E-state index is -3.97. The molecule has 0 amide bonds. The average Bonchev–Trinajstić information content (AvgIpc) is 2.86. The second kappa shape index (κ2) is 5.26. The van der Waals surface area contributed by atoms with Crippen LogP contribution in [0.1, 0.15) is 11.3 Å². The number of hydrogen-bond donors (Lipinski definition) is 1. The first kappa shape index (κ1) is 14.5. The van der Waals surface area contributed by atoms with Gasteiger partial charge >= 0.3 is 0 Å². The van der Waals surface area contributed by atoms with E-state index in [0.29, 0.717) is 11.3 Å². The molecule has 0 saturated carbocycles. The zero-order valence-corrected chi connectivity index (χ0v) is 11.9. The van der Waals surface area contributed by atoms with Crippen LogP contribution in [0.15, 0.2) is 39.8 Å². The molecule has 2 N–H and O–H groups in total. The summed E-state index contributed by atoms with van der Waals surface area (Å²) >= 11 is 0. The van der Waals surface area contributed by atoms with Crippen molar-refractivity contribution in [2.75, 3.05) is 12.8 Å². The number of nitrogens with two attached hydrogens (primary N) is 1. The Labute approximate surface area is 116 Å². The van der Waals surface area contributed by atoms with Gasteiger partial charge in [-0.15, -0.1) is 0 Å². The molecule has 2 aromatic rings. The molecule has 0 saturated heterocycles. The topological polar surface area (TPSA) is 76.5 Å². The Morgan fingerprint density at radius 2 is 2.10 bits per heavy atom. The van der Waals surface area contributed by atoms with Crippen LogP contribution in [0.2, 0.25) is 0 Å². The predicted molar refractivity (Wildman–Crippen MR) is 72.9 cm³/mol. The SMILES string of the molecule is Cc1cc(F)c(S(=O)(=O)N(C)Cc2ccco2)cc1N. The maximum atomic E-state index is 13.9. The van der Waals surface area contributed by atoms with Crippen LogP contribution in [0, 0.1) is 12.7 Å². The highest BCUT2D eigenvalue weighted by Gasteiger charge is 2.26. The van der Waals surface area contributed by atoms with Crippen molar-refractivity contribution in [2.24, 2.45) is 0 Å². The van der Waals surface area contributed by atoms with Gasteiger partial charge in [-0.05, 0) is 36.8 Å². The van der Waals surface area contributed by atoms with E-state index in [0.717, 1.165) is 16.4 Å². The van der Waals surface area contributed by atoms with Gasteiger partial charge in [-0.25, -0.2) is 12.8 Å². The van der Waals surface area contributed by atoms with Crippen LogP contribution in [0.3, 0.4) is 0 Å². The van der Waals surface area contributed by atoms with Gasteiger partial charge in [0.2, 0.25) is 10.0 Å². The Morgan fingerprint density at radius 1 is 1.40 bits per heavy atom. The molecule has 0 atom stereocenters. The zero-order chi connectivity index (χ0) is 14.9. The van der Waals surface area contributed by atoms with E-state index in [-0.39, 0.29) is 12.2 Å². The van der Waals surface area contributed by atoms with Gasteiger partial charge in [-0.1, -0.05) is 0 Å². The Balaban J connectivity index is 2.37. The van der Waals surface area contributed by atoms with E-state index in [1.54, 1.807) is 19.1 Å². The average molecular weight is 298 g/mol. The summed E-state index contributed by atoms with van der Waals surface area (Å²) < 4.78 is 44.6. The van der Waals surface area contributed by atoms with E-state index in [2.05, 4.69) is 0 Å². The third-order valence-corrected chi connectivity index (χ3v) is 4.79. The molecule has 0 spiro atoms. The van der Waals surface area contributed by atoms with Gasteiger partial charge in [0, 0.05) is 12.7 Å². The summed E-state index contributed by atoms with van der Waals surface area (Å²) in [5.74, 6) is -0.348. The Hall–Kier alpha value is -1.86. The first-order valence-corrected chi connectivity index (χ1v) is 7.30. The van der Waals surface area contributed by atoms with Crippen molar-refractivity contribution in [1.29, 1.82) is 0 Å². The molecule has 108 valence electrons. The maximum absolute atomic E-state index is 13.9. The summed E-state index contributed by atoms with van der Waals surface area (Å²) in [7, 11) is -2.61. The molecule has 0 radical (unpaired) electrons. The second-order valence-corrected chi connectivity index (χ2v) is 6.49. The molecule has 0 fully saturated rings. The van der Waals surface area contributed by atoms with E-state index in [9.17, 15) is 12.8 Å². The summed E-state index contributed by atoms with van der Waals surface area (Å²) in [5, 5.41) is 0. The number of anilines is 1. The lowest BCUT2D eigenvalue weighted by Crippen LogP contribution is -2.27. The van der Waals surface area contributed by atoms with Crippen molar-refractivity contribution in [1.82, 2.24) is 4.31 Å². The first-order valence-electron chi connectivity index (χ1n) is 5.86. The monoisotopic (exact) mass is 298 g/mol. The Bertz CT molecular complexity index is 711. The molecule has 0 bridgehead atoms. The summed E-state index contributed by atoms with van der Waals surface area (Å²) in [6.07, 6.45) is 1.44. The summed E-state index contributed by atoms with van der Waals surface area (Å²) in [4.78, 5) is -0.436. The number of halogens is 1. The summed E-state index contributed by atoms with van der Waals surface area (Å²) in [5.41, 5.74) is 6.38. The van der Waals surface area contributed by atoms with Crippen molar-refractivity contribution in [3.63, 3.8) is 0 Å². The number of sulfonamides is 1. The standard InChI is InChI=1S/C13H15FN2O3S/c1-9-6-11(14)13(7-12(9)15)20(17,18)16(2)8-10-4-3-5-19-10/h3-7H,8,15H2,1-2H3. The molecule has 20 heavy (non-hydrogen) atoms. The molecule has 7 heteroatoms. The van der Waals surface area contributed by atoms with Crippen LogP contribution in [0.25, 0.3) is 0 Å². The van der Waals surface area contributed by atoms with Gasteiger partial charge in [0.15, 0.2) is 0 Å². The normalized spacial score (nSPS) is 12.0.